The molecule has 7 heteroatoms. The van der Waals surface area contributed by atoms with E-state index in [0.717, 1.165) is 18.0 Å². The molecule has 25 heavy (non-hydrogen) atoms. The van der Waals surface area contributed by atoms with E-state index in [0.29, 0.717) is 31.1 Å². The number of rotatable bonds is 7. The Morgan fingerprint density at radius 1 is 1.36 bits per heavy atom. The average molecular weight is 362 g/mol. The zero-order valence-corrected chi connectivity index (χ0v) is 15.8. The van der Waals surface area contributed by atoms with Gasteiger partial charge in [0.25, 0.3) is 0 Å². The van der Waals surface area contributed by atoms with Crippen molar-refractivity contribution in [3.63, 3.8) is 0 Å². The molecule has 6 nitrogen and oxygen atoms in total. The van der Waals surface area contributed by atoms with E-state index in [2.05, 4.69) is 34.2 Å². The molecule has 1 amide bonds. The zero-order chi connectivity index (χ0) is 17.7. The Morgan fingerprint density at radius 3 is 2.88 bits per heavy atom. The molecule has 0 radical (unpaired) electrons. The Balaban J connectivity index is 1.43. The predicted molar refractivity (Wildman–Crippen MR) is 98.4 cm³/mol. The van der Waals surface area contributed by atoms with E-state index >= 15 is 0 Å². The van der Waals surface area contributed by atoms with Crippen molar-refractivity contribution in [1.29, 1.82) is 0 Å². The molecule has 0 aliphatic carbocycles. The van der Waals surface area contributed by atoms with Crippen molar-refractivity contribution in [2.24, 2.45) is 0 Å². The first-order valence-electron chi connectivity index (χ1n) is 8.93. The first-order valence-corrected chi connectivity index (χ1v) is 9.81. The maximum Gasteiger partial charge on any atom is 0.227 e. The number of amides is 1. The van der Waals surface area contributed by atoms with Crippen molar-refractivity contribution in [2.75, 3.05) is 19.6 Å². The standard InChI is InChI=1S/C18H26N4O2S/c1-18(2,22-10-4-3-5-11-22)13-19-15(23)8-9-16-20-17(21-24-16)14-7-6-12-25-14/h6-7,12H,3-5,8-11,13H2,1-2H3,(H,19,23). The maximum atomic E-state index is 12.2. The Morgan fingerprint density at radius 2 is 2.16 bits per heavy atom. The van der Waals surface area contributed by atoms with E-state index in [1.165, 1.54) is 19.3 Å². The van der Waals surface area contributed by atoms with Crippen LogP contribution >= 0.6 is 11.3 Å². The van der Waals surface area contributed by atoms with Gasteiger partial charge in [0, 0.05) is 24.9 Å². The van der Waals surface area contributed by atoms with Crippen LogP contribution in [-0.2, 0) is 11.2 Å². The summed E-state index contributed by atoms with van der Waals surface area (Å²) in [4.78, 5) is 20.0. The van der Waals surface area contributed by atoms with Gasteiger partial charge in [0.2, 0.25) is 17.6 Å². The van der Waals surface area contributed by atoms with Gasteiger partial charge >= 0.3 is 0 Å². The number of thiophene rings is 1. The molecule has 2 aromatic rings. The van der Waals surface area contributed by atoms with Crippen LogP contribution in [0.25, 0.3) is 10.7 Å². The number of nitrogens with zero attached hydrogens (tertiary/aromatic N) is 3. The van der Waals surface area contributed by atoms with Gasteiger partial charge in [-0.1, -0.05) is 17.6 Å². The molecule has 136 valence electrons. The topological polar surface area (TPSA) is 71.3 Å². The van der Waals surface area contributed by atoms with Gasteiger partial charge < -0.3 is 9.84 Å². The van der Waals surface area contributed by atoms with Crippen LogP contribution in [0.5, 0.6) is 0 Å². The fraction of sp³-hybridized carbons (Fsp3) is 0.611. The normalized spacial score (nSPS) is 16.1. The highest BCUT2D eigenvalue weighted by Crippen LogP contribution is 2.22. The van der Waals surface area contributed by atoms with E-state index in [4.69, 9.17) is 4.52 Å². The van der Waals surface area contributed by atoms with Gasteiger partial charge in [0.1, 0.15) is 0 Å². The Bertz CT molecular complexity index is 675. The molecule has 1 fully saturated rings. The molecule has 0 aromatic carbocycles. The number of carbonyl (C=O) groups excluding carboxylic acids is 1. The Labute approximate surface area is 152 Å². The Hall–Kier alpha value is -1.73. The molecule has 0 saturated carbocycles. The van der Waals surface area contributed by atoms with E-state index in [1.54, 1.807) is 11.3 Å². The first-order chi connectivity index (χ1) is 12.0. The summed E-state index contributed by atoms with van der Waals surface area (Å²) in [5.41, 5.74) is -0.00704. The Kier molecular flexibility index (Phi) is 5.86. The number of piperidine rings is 1. The van der Waals surface area contributed by atoms with Crippen molar-refractivity contribution in [2.45, 2.75) is 51.5 Å². The van der Waals surface area contributed by atoms with E-state index in [1.807, 2.05) is 17.5 Å². The van der Waals surface area contributed by atoms with Gasteiger partial charge in [-0.2, -0.15) is 4.98 Å². The number of likely N-dealkylation sites (tertiary alicyclic amines) is 1. The fourth-order valence-electron chi connectivity index (χ4n) is 3.10. The number of hydrogen-bond acceptors (Lipinski definition) is 6. The number of aromatic nitrogens is 2. The molecule has 1 aliphatic rings. The van der Waals surface area contributed by atoms with Crippen molar-refractivity contribution in [1.82, 2.24) is 20.4 Å². The lowest BCUT2D eigenvalue weighted by atomic mass is 9.98. The van der Waals surface area contributed by atoms with Gasteiger partial charge in [-0.15, -0.1) is 11.3 Å². The van der Waals surface area contributed by atoms with Crippen LogP contribution in [0.2, 0.25) is 0 Å². The van der Waals surface area contributed by atoms with Gasteiger partial charge in [0.05, 0.1) is 4.88 Å². The van der Waals surface area contributed by atoms with Gasteiger partial charge in [-0.25, -0.2) is 0 Å². The smallest absolute Gasteiger partial charge is 0.227 e. The van der Waals surface area contributed by atoms with Gasteiger partial charge in [0.15, 0.2) is 0 Å². The summed E-state index contributed by atoms with van der Waals surface area (Å²) in [6.45, 7) is 7.30. The van der Waals surface area contributed by atoms with Gasteiger partial charge in [-0.05, 0) is 51.2 Å². The van der Waals surface area contributed by atoms with Crippen LogP contribution in [0.1, 0.15) is 45.4 Å². The minimum absolute atomic E-state index is 0.00704. The van der Waals surface area contributed by atoms with Crippen LogP contribution in [0, 0.1) is 0 Å². The molecule has 0 spiro atoms. The highest BCUT2D eigenvalue weighted by molar-refractivity contribution is 7.13. The lowest BCUT2D eigenvalue weighted by Crippen LogP contribution is -2.53. The highest BCUT2D eigenvalue weighted by atomic mass is 32.1. The van der Waals surface area contributed by atoms with E-state index in [9.17, 15) is 4.79 Å². The predicted octanol–water partition coefficient (Wildman–Crippen LogP) is 3.11. The first kappa shape index (κ1) is 18.1. The maximum absolute atomic E-state index is 12.2. The molecule has 0 unspecified atom stereocenters. The summed E-state index contributed by atoms with van der Waals surface area (Å²) < 4.78 is 5.24. The largest absolute Gasteiger partial charge is 0.354 e. The molecule has 2 aromatic heterocycles. The number of hydrogen-bond donors (Lipinski definition) is 1. The lowest BCUT2D eigenvalue weighted by Gasteiger charge is -2.41. The molecular formula is C18H26N4O2S. The third-order valence-electron chi connectivity index (χ3n) is 4.71. The molecule has 1 saturated heterocycles. The van der Waals surface area contributed by atoms with Gasteiger partial charge in [-0.3, -0.25) is 9.69 Å². The second-order valence-corrected chi connectivity index (χ2v) is 8.07. The summed E-state index contributed by atoms with van der Waals surface area (Å²) in [6.07, 6.45) is 4.65. The average Bonchev–Trinajstić information content (AvgIpc) is 3.30. The van der Waals surface area contributed by atoms with Crippen LogP contribution in [0.15, 0.2) is 22.0 Å². The van der Waals surface area contributed by atoms with E-state index < -0.39 is 0 Å². The highest BCUT2D eigenvalue weighted by Gasteiger charge is 2.28. The summed E-state index contributed by atoms with van der Waals surface area (Å²) in [6, 6.07) is 3.91. The summed E-state index contributed by atoms with van der Waals surface area (Å²) in [7, 11) is 0. The molecular weight excluding hydrogens is 336 g/mol. The number of carbonyl (C=O) groups is 1. The second kappa shape index (κ2) is 8.10. The number of nitrogens with one attached hydrogen (secondary N) is 1. The summed E-state index contributed by atoms with van der Waals surface area (Å²) in [5, 5.41) is 9.00. The fourth-order valence-corrected chi connectivity index (χ4v) is 3.75. The quantitative estimate of drug-likeness (QED) is 0.819. The van der Waals surface area contributed by atoms with Crippen LogP contribution in [-0.4, -0.2) is 46.1 Å². The minimum Gasteiger partial charge on any atom is -0.354 e. The molecule has 3 rings (SSSR count). The van der Waals surface area contributed by atoms with Crippen molar-refractivity contribution in [3.05, 3.63) is 23.4 Å². The molecule has 0 bridgehead atoms. The van der Waals surface area contributed by atoms with E-state index in [-0.39, 0.29) is 11.4 Å². The number of aryl methyl sites for hydroxylation is 1. The molecule has 0 atom stereocenters. The third-order valence-corrected chi connectivity index (χ3v) is 5.57. The van der Waals surface area contributed by atoms with Crippen LogP contribution in [0.4, 0.5) is 0 Å². The van der Waals surface area contributed by atoms with Crippen molar-refractivity contribution < 1.29 is 9.32 Å². The molecule has 1 N–H and O–H groups in total. The summed E-state index contributed by atoms with van der Waals surface area (Å²) >= 11 is 1.57. The monoisotopic (exact) mass is 362 g/mol. The van der Waals surface area contributed by atoms with Crippen LogP contribution in [0.3, 0.4) is 0 Å². The molecule has 3 heterocycles. The SMILES string of the molecule is CC(C)(CNC(=O)CCc1nc(-c2cccs2)no1)N1CCCCC1. The van der Waals surface area contributed by atoms with Crippen molar-refractivity contribution >= 4 is 17.2 Å². The summed E-state index contributed by atoms with van der Waals surface area (Å²) in [5.74, 6) is 1.13. The lowest BCUT2D eigenvalue weighted by molar-refractivity contribution is -0.121. The van der Waals surface area contributed by atoms with Crippen LogP contribution < -0.4 is 5.32 Å². The zero-order valence-electron chi connectivity index (χ0n) is 15.0. The minimum atomic E-state index is -0.00704. The third kappa shape index (κ3) is 4.89. The van der Waals surface area contributed by atoms with Crippen molar-refractivity contribution in [3.8, 4) is 10.7 Å². The second-order valence-electron chi connectivity index (χ2n) is 7.13. The molecule has 1 aliphatic heterocycles.